The number of ether oxygens (including phenoxy) is 2. The molecule has 0 spiro atoms. The highest BCUT2D eigenvalue weighted by molar-refractivity contribution is 5.69. The van der Waals surface area contributed by atoms with Crippen molar-refractivity contribution in [1.29, 1.82) is 0 Å². The van der Waals surface area contributed by atoms with Gasteiger partial charge in [-0.05, 0) is 19.1 Å². The van der Waals surface area contributed by atoms with Crippen LogP contribution in [0, 0.1) is 0 Å². The van der Waals surface area contributed by atoms with E-state index in [4.69, 9.17) is 9.47 Å². The van der Waals surface area contributed by atoms with Crippen molar-refractivity contribution in [2.75, 3.05) is 13.7 Å². The number of rotatable bonds is 4. The summed E-state index contributed by atoms with van der Waals surface area (Å²) in [5, 5.41) is 0. The van der Waals surface area contributed by atoms with Gasteiger partial charge in [-0.3, -0.25) is 4.40 Å². The van der Waals surface area contributed by atoms with Crippen LogP contribution >= 0.6 is 0 Å². The summed E-state index contributed by atoms with van der Waals surface area (Å²) in [4.78, 5) is 12.8. The summed E-state index contributed by atoms with van der Waals surface area (Å²) in [6, 6.07) is 3.82. The highest BCUT2D eigenvalue weighted by Crippen LogP contribution is 2.29. The van der Waals surface area contributed by atoms with Gasteiger partial charge >= 0.3 is 0 Å². The maximum Gasteiger partial charge on any atom is 0.258 e. The number of aromatic nitrogens is 4. The molecule has 0 amide bonds. The van der Waals surface area contributed by atoms with Crippen molar-refractivity contribution in [2.45, 2.75) is 6.92 Å². The second-order valence-electron chi connectivity index (χ2n) is 4.06. The van der Waals surface area contributed by atoms with E-state index in [0.29, 0.717) is 24.0 Å². The predicted molar refractivity (Wildman–Crippen MR) is 73.9 cm³/mol. The average Bonchev–Trinajstić information content (AvgIpc) is 2.92. The molecular weight excluding hydrogens is 256 g/mol. The largest absolute Gasteiger partial charge is 0.478 e. The molecule has 0 aromatic carbocycles. The molecular formula is C14H14N4O2. The van der Waals surface area contributed by atoms with Crippen LogP contribution in [0.5, 0.6) is 11.8 Å². The van der Waals surface area contributed by atoms with Crippen molar-refractivity contribution >= 4 is 5.65 Å². The van der Waals surface area contributed by atoms with E-state index in [-0.39, 0.29) is 0 Å². The number of nitrogens with zero attached hydrogens (tertiary/aromatic N) is 4. The van der Waals surface area contributed by atoms with Gasteiger partial charge < -0.3 is 9.47 Å². The summed E-state index contributed by atoms with van der Waals surface area (Å²) < 4.78 is 12.7. The van der Waals surface area contributed by atoms with E-state index in [0.717, 1.165) is 11.3 Å². The molecule has 0 fully saturated rings. The lowest BCUT2D eigenvalue weighted by Gasteiger charge is -2.08. The summed E-state index contributed by atoms with van der Waals surface area (Å²) in [6.45, 7) is 2.49. The molecule has 0 aliphatic carbocycles. The smallest absolute Gasteiger partial charge is 0.258 e. The molecule has 0 saturated carbocycles. The molecule has 0 saturated heterocycles. The molecule has 3 rings (SSSR count). The molecule has 6 nitrogen and oxygen atoms in total. The molecule has 0 N–H and O–H groups in total. The van der Waals surface area contributed by atoms with Gasteiger partial charge in [0.25, 0.3) is 5.88 Å². The van der Waals surface area contributed by atoms with Crippen LogP contribution in [-0.4, -0.2) is 33.1 Å². The quantitative estimate of drug-likeness (QED) is 0.727. The Hall–Kier alpha value is -2.63. The van der Waals surface area contributed by atoms with Crippen molar-refractivity contribution in [3.63, 3.8) is 0 Å². The first-order valence-electron chi connectivity index (χ1n) is 6.29. The van der Waals surface area contributed by atoms with Crippen LogP contribution in [0.2, 0.25) is 0 Å². The third-order valence-corrected chi connectivity index (χ3v) is 2.92. The zero-order valence-electron chi connectivity index (χ0n) is 11.3. The highest BCUT2D eigenvalue weighted by Gasteiger charge is 2.14. The number of hydrogen-bond donors (Lipinski definition) is 0. The van der Waals surface area contributed by atoms with Crippen molar-refractivity contribution in [3.05, 3.63) is 36.9 Å². The first-order chi connectivity index (χ1) is 9.85. The van der Waals surface area contributed by atoms with E-state index in [1.54, 1.807) is 25.7 Å². The molecule has 3 aromatic heterocycles. The fourth-order valence-corrected chi connectivity index (χ4v) is 2.08. The highest BCUT2D eigenvalue weighted by atomic mass is 16.5. The number of imidazole rings is 1. The van der Waals surface area contributed by atoms with E-state index in [1.165, 1.54) is 0 Å². The topological polar surface area (TPSA) is 61.5 Å². The SMILES string of the molecule is CCOc1ncccc1-c1cnc2c(OC)nccn12. The standard InChI is InChI=1S/C14H14N4O2/c1-3-20-13-10(5-4-6-15-13)11-9-17-12-14(19-2)16-7-8-18(11)12/h4-9H,3H2,1-2H3. The first-order valence-corrected chi connectivity index (χ1v) is 6.29. The van der Waals surface area contributed by atoms with E-state index in [2.05, 4.69) is 15.0 Å². The van der Waals surface area contributed by atoms with Crippen LogP contribution in [0.4, 0.5) is 0 Å². The molecule has 6 heteroatoms. The summed E-state index contributed by atoms with van der Waals surface area (Å²) in [7, 11) is 1.58. The van der Waals surface area contributed by atoms with E-state index >= 15 is 0 Å². The number of hydrogen-bond acceptors (Lipinski definition) is 5. The maximum absolute atomic E-state index is 5.57. The lowest BCUT2D eigenvalue weighted by atomic mass is 10.2. The number of pyridine rings is 1. The summed E-state index contributed by atoms with van der Waals surface area (Å²) in [5.41, 5.74) is 2.43. The van der Waals surface area contributed by atoms with Gasteiger partial charge in [-0.25, -0.2) is 15.0 Å². The third-order valence-electron chi connectivity index (χ3n) is 2.92. The molecule has 3 aromatic rings. The van der Waals surface area contributed by atoms with Gasteiger partial charge in [-0.2, -0.15) is 0 Å². The first kappa shape index (κ1) is 12.4. The van der Waals surface area contributed by atoms with Gasteiger partial charge in [0, 0.05) is 18.6 Å². The normalized spacial score (nSPS) is 10.7. The minimum Gasteiger partial charge on any atom is -0.478 e. The van der Waals surface area contributed by atoms with E-state index in [1.807, 2.05) is 29.7 Å². The Labute approximate surface area is 116 Å². The van der Waals surface area contributed by atoms with Crippen LogP contribution in [-0.2, 0) is 0 Å². The minimum atomic E-state index is 0.487. The van der Waals surface area contributed by atoms with Crippen molar-refractivity contribution in [3.8, 4) is 23.0 Å². The van der Waals surface area contributed by atoms with Gasteiger partial charge in [0.05, 0.1) is 31.2 Å². The molecule has 102 valence electrons. The van der Waals surface area contributed by atoms with Crippen LogP contribution in [0.3, 0.4) is 0 Å². The average molecular weight is 270 g/mol. The summed E-state index contributed by atoms with van der Waals surface area (Å²) in [6.07, 6.45) is 6.98. The maximum atomic E-state index is 5.57. The van der Waals surface area contributed by atoms with Crippen molar-refractivity contribution in [1.82, 2.24) is 19.4 Å². The minimum absolute atomic E-state index is 0.487. The van der Waals surface area contributed by atoms with Gasteiger partial charge in [-0.15, -0.1) is 0 Å². The lowest BCUT2D eigenvalue weighted by molar-refractivity contribution is 0.328. The Balaban J connectivity index is 2.20. The zero-order chi connectivity index (χ0) is 13.9. The predicted octanol–water partition coefficient (Wildman–Crippen LogP) is 2.20. The molecule has 0 aliphatic rings. The Morgan fingerprint density at radius 1 is 1.15 bits per heavy atom. The van der Waals surface area contributed by atoms with E-state index < -0.39 is 0 Å². The third kappa shape index (κ3) is 1.95. The molecule has 20 heavy (non-hydrogen) atoms. The lowest BCUT2D eigenvalue weighted by Crippen LogP contribution is -1.99. The van der Waals surface area contributed by atoms with Crippen molar-refractivity contribution < 1.29 is 9.47 Å². The van der Waals surface area contributed by atoms with Gasteiger partial charge in [0.1, 0.15) is 0 Å². The van der Waals surface area contributed by atoms with Gasteiger partial charge in [-0.1, -0.05) is 0 Å². The Kier molecular flexibility index (Phi) is 3.20. The van der Waals surface area contributed by atoms with Crippen LogP contribution in [0.1, 0.15) is 6.92 Å². The Morgan fingerprint density at radius 3 is 2.80 bits per heavy atom. The summed E-state index contributed by atoms with van der Waals surface area (Å²) >= 11 is 0. The van der Waals surface area contributed by atoms with Crippen LogP contribution < -0.4 is 9.47 Å². The van der Waals surface area contributed by atoms with Gasteiger partial charge in [0.15, 0.2) is 0 Å². The molecule has 3 heterocycles. The fourth-order valence-electron chi connectivity index (χ4n) is 2.08. The fraction of sp³-hybridized carbons (Fsp3) is 0.214. The second kappa shape index (κ2) is 5.16. The Morgan fingerprint density at radius 2 is 2.00 bits per heavy atom. The monoisotopic (exact) mass is 270 g/mol. The zero-order valence-corrected chi connectivity index (χ0v) is 11.3. The van der Waals surface area contributed by atoms with Gasteiger partial charge in [0.2, 0.25) is 11.5 Å². The Bertz CT molecular complexity index is 739. The van der Waals surface area contributed by atoms with E-state index in [9.17, 15) is 0 Å². The molecule has 0 radical (unpaired) electrons. The van der Waals surface area contributed by atoms with Crippen molar-refractivity contribution in [2.24, 2.45) is 0 Å². The second-order valence-corrected chi connectivity index (χ2v) is 4.06. The molecule has 0 bridgehead atoms. The van der Waals surface area contributed by atoms with Crippen LogP contribution in [0.15, 0.2) is 36.9 Å². The summed E-state index contributed by atoms with van der Waals surface area (Å²) in [5.74, 6) is 1.08. The molecule has 0 unspecified atom stereocenters. The molecule has 0 atom stereocenters. The molecule has 0 aliphatic heterocycles. The number of fused-ring (bicyclic) bond motifs is 1. The van der Waals surface area contributed by atoms with Crippen LogP contribution in [0.25, 0.3) is 16.9 Å². The number of methoxy groups -OCH3 is 1.